The van der Waals surface area contributed by atoms with Crippen molar-refractivity contribution in [2.45, 2.75) is 6.54 Å². The SMILES string of the molecule is O=c1cc(CNc2ccc(Br)cc2)nc2ccccn12. The third-order valence-corrected chi connectivity index (χ3v) is 3.47. The van der Waals surface area contributed by atoms with Crippen molar-refractivity contribution in [2.24, 2.45) is 0 Å². The van der Waals surface area contributed by atoms with E-state index < -0.39 is 0 Å². The maximum Gasteiger partial charge on any atom is 0.258 e. The molecule has 3 rings (SSSR count). The normalized spacial score (nSPS) is 10.7. The van der Waals surface area contributed by atoms with Crippen LogP contribution >= 0.6 is 15.9 Å². The summed E-state index contributed by atoms with van der Waals surface area (Å²) < 4.78 is 2.56. The summed E-state index contributed by atoms with van der Waals surface area (Å²) >= 11 is 3.39. The quantitative estimate of drug-likeness (QED) is 0.803. The average molecular weight is 330 g/mol. The summed E-state index contributed by atoms with van der Waals surface area (Å²) in [6, 6.07) is 14.9. The van der Waals surface area contributed by atoms with Crippen LogP contribution in [0.1, 0.15) is 5.69 Å². The number of hydrogen-bond donors (Lipinski definition) is 1. The molecule has 0 bridgehead atoms. The van der Waals surface area contributed by atoms with Crippen molar-refractivity contribution in [2.75, 3.05) is 5.32 Å². The lowest BCUT2D eigenvalue weighted by Crippen LogP contribution is -2.16. The highest BCUT2D eigenvalue weighted by atomic mass is 79.9. The van der Waals surface area contributed by atoms with Crippen LogP contribution in [0.5, 0.6) is 0 Å². The van der Waals surface area contributed by atoms with E-state index >= 15 is 0 Å². The first-order chi connectivity index (χ1) is 9.72. The molecule has 2 heterocycles. The van der Waals surface area contributed by atoms with Crippen LogP contribution in [0.15, 0.2) is 64.0 Å². The smallest absolute Gasteiger partial charge is 0.258 e. The highest BCUT2D eigenvalue weighted by Gasteiger charge is 2.01. The zero-order chi connectivity index (χ0) is 13.9. The molecule has 0 aliphatic heterocycles. The van der Waals surface area contributed by atoms with Crippen molar-refractivity contribution < 1.29 is 0 Å². The highest BCUT2D eigenvalue weighted by Crippen LogP contribution is 2.14. The summed E-state index contributed by atoms with van der Waals surface area (Å²) in [6.45, 7) is 0.516. The molecule has 0 unspecified atom stereocenters. The summed E-state index contributed by atoms with van der Waals surface area (Å²) in [5, 5.41) is 3.25. The van der Waals surface area contributed by atoms with Gasteiger partial charge in [0, 0.05) is 22.4 Å². The molecule has 0 radical (unpaired) electrons. The number of nitrogens with one attached hydrogen (secondary N) is 1. The number of fused-ring (bicyclic) bond motifs is 1. The molecular weight excluding hydrogens is 318 g/mol. The topological polar surface area (TPSA) is 46.4 Å². The molecule has 0 saturated carbocycles. The largest absolute Gasteiger partial charge is 0.379 e. The Morgan fingerprint density at radius 1 is 1.15 bits per heavy atom. The predicted molar refractivity (Wildman–Crippen MR) is 82.9 cm³/mol. The van der Waals surface area contributed by atoms with Crippen molar-refractivity contribution >= 4 is 27.3 Å². The molecule has 0 spiro atoms. The van der Waals surface area contributed by atoms with E-state index in [-0.39, 0.29) is 5.56 Å². The van der Waals surface area contributed by atoms with Crippen LogP contribution in [-0.4, -0.2) is 9.38 Å². The molecule has 2 aromatic heterocycles. The molecule has 1 N–H and O–H groups in total. The lowest BCUT2D eigenvalue weighted by molar-refractivity contribution is 0.971. The second-order valence-corrected chi connectivity index (χ2v) is 5.29. The molecule has 5 heteroatoms. The van der Waals surface area contributed by atoms with Crippen LogP contribution in [0.25, 0.3) is 5.65 Å². The summed E-state index contributed by atoms with van der Waals surface area (Å²) in [6.07, 6.45) is 1.72. The lowest BCUT2D eigenvalue weighted by Gasteiger charge is -2.07. The van der Waals surface area contributed by atoms with Crippen LogP contribution in [0.3, 0.4) is 0 Å². The number of hydrogen-bond acceptors (Lipinski definition) is 3. The maximum atomic E-state index is 11.9. The van der Waals surface area contributed by atoms with Gasteiger partial charge in [-0.3, -0.25) is 9.20 Å². The summed E-state index contributed by atoms with van der Waals surface area (Å²) in [4.78, 5) is 16.4. The molecule has 0 aliphatic rings. The number of pyridine rings is 1. The first kappa shape index (κ1) is 12.9. The van der Waals surface area contributed by atoms with Gasteiger partial charge < -0.3 is 5.32 Å². The molecule has 4 nitrogen and oxygen atoms in total. The number of benzene rings is 1. The monoisotopic (exact) mass is 329 g/mol. The number of anilines is 1. The zero-order valence-electron chi connectivity index (χ0n) is 10.6. The van der Waals surface area contributed by atoms with Gasteiger partial charge in [0.15, 0.2) is 0 Å². The fraction of sp³-hybridized carbons (Fsp3) is 0.0667. The van der Waals surface area contributed by atoms with Gasteiger partial charge >= 0.3 is 0 Å². The van der Waals surface area contributed by atoms with Gasteiger partial charge in [-0.1, -0.05) is 22.0 Å². The van der Waals surface area contributed by atoms with E-state index in [9.17, 15) is 4.79 Å². The molecule has 0 saturated heterocycles. The van der Waals surface area contributed by atoms with Crippen LogP contribution in [0, 0.1) is 0 Å². The van der Waals surface area contributed by atoms with E-state index in [1.807, 2.05) is 42.5 Å². The Kier molecular flexibility index (Phi) is 3.52. The molecule has 100 valence electrons. The molecule has 1 aromatic carbocycles. The third kappa shape index (κ3) is 2.72. The molecular formula is C15H12BrN3O. The van der Waals surface area contributed by atoms with E-state index in [0.29, 0.717) is 12.2 Å². The van der Waals surface area contributed by atoms with Gasteiger partial charge in [0.25, 0.3) is 5.56 Å². The minimum atomic E-state index is -0.0665. The van der Waals surface area contributed by atoms with Gasteiger partial charge in [-0.15, -0.1) is 0 Å². The Morgan fingerprint density at radius 3 is 2.75 bits per heavy atom. The second kappa shape index (κ2) is 5.46. The fourth-order valence-electron chi connectivity index (χ4n) is 1.95. The molecule has 3 aromatic rings. The molecule has 0 atom stereocenters. The second-order valence-electron chi connectivity index (χ2n) is 4.38. The molecule has 0 fully saturated rings. The molecule has 20 heavy (non-hydrogen) atoms. The molecule has 0 aliphatic carbocycles. The Hall–Kier alpha value is -2.14. The minimum absolute atomic E-state index is 0.0665. The minimum Gasteiger partial charge on any atom is -0.379 e. The average Bonchev–Trinajstić information content (AvgIpc) is 2.47. The van der Waals surface area contributed by atoms with Crippen LogP contribution in [-0.2, 0) is 6.54 Å². The van der Waals surface area contributed by atoms with E-state index in [0.717, 1.165) is 15.9 Å². The van der Waals surface area contributed by atoms with Crippen molar-refractivity contribution in [3.8, 4) is 0 Å². The Morgan fingerprint density at radius 2 is 1.95 bits per heavy atom. The van der Waals surface area contributed by atoms with Crippen molar-refractivity contribution in [1.82, 2.24) is 9.38 Å². The third-order valence-electron chi connectivity index (χ3n) is 2.94. The Balaban J connectivity index is 1.84. The van der Waals surface area contributed by atoms with Gasteiger partial charge in [0.2, 0.25) is 0 Å². The van der Waals surface area contributed by atoms with Crippen molar-refractivity contribution in [1.29, 1.82) is 0 Å². The highest BCUT2D eigenvalue weighted by molar-refractivity contribution is 9.10. The Bertz CT molecular complexity index is 796. The van der Waals surface area contributed by atoms with E-state index in [1.54, 1.807) is 12.3 Å². The first-order valence-corrected chi connectivity index (χ1v) is 6.98. The number of nitrogens with zero attached hydrogens (tertiary/aromatic N) is 2. The maximum absolute atomic E-state index is 11.9. The van der Waals surface area contributed by atoms with E-state index in [4.69, 9.17) is 0 Å². The predicted octanol–water partition coefficient (Wildman–Crippen LogP) is 3.07. The lowest BCUT2D eigenvalue weighted by atomic mass is 10.3. The van der Waals surface area contributed by atoms with Gasteiger partial charge in [0.05, 0.1) is 12.2 Å². The van der Waals surface area contributed by atoms with Gasteiger partial charge in [-0.05, 0) is 36.4 Å². The Labute approximate surface area is 124 Å². The van der Waals surface area contributed by atoms with Gasteiger partial charge in [-0.2, -0.15) is 0 Å². The fourth-order valence-corrected chi connectivity index (χ4v) is 2.22. The summed E-state index contributed by atoms with van der Waals surface area (Å²) in [5.74, 6) is 0. The van der Waals surface area contributed by atoms with Gasteiger partial charge in [-0.25, -0.2) is 4.98 Å². The standard InChI is InChI=1S/C15H12BrN3O/c16-11-4-6-12(7-5-11)17-10-13-9-15(20)19-8-2-1-3-14(19)18-13/h1-9,17H,10H2. The van der Waals surface area contributed by atoms with Crippen LogP contribution in [0.4, 0.5) is 5.69 Å². The number of halogens is 1. The first-order valence-electron chi connectivity index (χ1n) is 6.19. The van der Waals surface area contributed by atoms with E-state index in [2.05, 4.69) is 26.2 Å². The van der Waals surface area contributed by atoms with E-state index in [1.165, 1.54) is 4.40 Å². The number of rotatable bonds is 3. The van der Waals surface area contributed by atoms with Crippen molar-refractivity contribution in [3.63, 3.8) is 0 Å². The summed E-state index contributed by atoms with van der Waals surface area (Å²) in [5.41, 5.74) is 2.31. The van der Waals surface area contributed by atoms with Crippen LogP contribution < -0.4 is 10.9 Å². The van der Waals surface area contributed by atoms with Gasteiger partial charge in [0.1, 0.15) is 5.65 Å². The molecule has 0 amide bonds. The number of aromatic nitrogens is 2. The van der Waals surface area contributed by atoms with Crippen LogP contribution in [0.2, 0.25) is 0 Å². The van der Waals surface area contributed by atoms with Crippen molar-refractivity contribution in [3.05, 3.63) is 75.2 Å². The zero-order valence-corrected chi connectivity index (χ0v) is 12.2. The summed E-state index contributed by atoms with van der Waals surface area (Å²) in [7, 11) is 0.